The molecule has 0 saturated carbocycles. The molecule has 1 aromatic heterocycles. The number of benzene rings is 1. The average Bonchev–Trinajstić information content (AvgIpc) is 2.70. The van der Waals surface area contributed by atoms with Crippen LogP contribution in [0, 0.1) is 0 Å². The van der Waals surface area contributed by atoms with Gasteiger partial charge in [0.15, 0.2) is 5.78 Å². The molecule has 0 radical (unpaired) electrons. The van der Waals surface area contributed by atoms with Crippen LogP contribution in [0.1, 0.15) is 28.4 Å². The van der Waals surface area contributed by atoms with Crippen LogP contribution in [-0.4, -0.2) is 23.9 Å². The Hall–Kier alpha value is -2.16. The SMILES string of the molecule is CC(=O)c1ccnc(N2CCc3ccccc3CC2)c1. The predicted molar refractivity (Wildman–Crippen MR) is 80.3 cm³/mol. The van der Waals surface area contributed by atoms with Gasteiger partial charge in [-0.05, 0) is 43.0 Å². The van der Waals surface area contributed by atoms with E-state index < -0.39 is 0 Å². The summed E-state index contributed by atoms with van der Waals surface area (Å²) in [4.78, 5) is 18.2. The van der Waals surface area contributed by atoms with Gasteiger partial charge in [-0.25, -0.2) is 4.98 Å². The molecule has 102 valence electrons. The predicted octanol–water partition coefficient (Wildman–Crippen LogP) is 2.89. The van der Waals surface area contributed by atoms with Crippen LogP contribution in [0.3, 0.4) is 0 Å². The van der Waals surface area contributed by atoms with Crippen LogP contribution in [-0.2, 0) is 12.8 Å². The van der Waals surface area contributed by atoms with E-state index in [1.54, 1.807) is 19.2 Å². The number of pyridine rings is 1. The van der Waals surface area contributed by atoms with Crippen LogP contribution in [0.15, 0.2) is 42.6 Å². The molecule has 0 spiro atoms. The van der Waals surface area contributed by atoms with Gasteiger partial charge in [-0.2, -0.15) is 0 Å². The number of nitrogens with zero attached hydrogens (tertiary/aromatic N) is 2. The Morgan fingerprint density at radius 3 is 2.35 bits per heavy atom. The van der Waals surface area contributed by atoms with Crippen LogP contribution in [0.5, 0.6) is 0 Å². The van der Waals surface area contributed by atoms with Crippen molar-refractivity contribution in [3.05, 3.63) is 59.3 Å². The van der Waals surface area contributed by atoms with E-state index in [0.717, 1.165) is 37.3 Å². The first-order chi connectivity index (χ1) is 9.74. The summed E-state index contributed by atoms with van der Waals surface area (Å²) in [6.07, 6.45) is 3.79. The van der Waals surface area contributed by atoms with Crippen LogP contribution < -0.4 is 4.90 Å². The van der Waals surface area contributed by atoms with E-state index in [0.29, 0.717) is 0 Å². The molecule has 3 heteroatoms. The number of rotatable bonds is 2. The molecular weight excluding hydrogens is 248 g/mol. The quantitative estimate of drug-likeness (QED) is 0.784. The fourth-order valence-electron chi connectivity index (χ4n) is 2.71. The largest absolute Gasteiger partial charge is 0.356 e. The van der Waals surface area contributed by atoms with Gasteiger partial charge in [0.25, 0.3) is 0 Å². The highest BCUT2D eigenvalue weighted by molar-refractivity contribution is 5.94. The van der Waals surface area contributed by atoms with Crippen molar-refractivity contribution in [2.75, 3.05) is 18.0 Å². The standard InChI is InChI=1S/C17H18N2O/c1-13(20)16-6-9-18-17(12-16)19-10-7-14-4-2-3-5-15(14)8-11-19/h2-6,9,12H,7-8,10-11H2,1H3. The lowest BCUT2D eigenvalue weighted by Crippen LogP contribution is -2.27. The Kier molecular flexibility index (Phi) is 3.50. The van der Waals surface area contributed by atoms with E-state index in [1.165, 1.54) is 11.1 Å². The molecule has 1 aliphatic heterocycles. The maximum absolute atomic E-state index is 11.5. The Balaban J connectivity index is 1.83. The van der Waals surface area contributed by atoms with Crippen LogP contribution in [0.4, 0.5) is 5.82 Å². The highest BCUT2D eigenvalue weighted by Crippen LogP contribution is 2.20. The van der Waals surface area contributed by atoms with E-state index in [1.807, 2.05) is 6.07 Å². The molecular formula is C17H18N2O. The highest BCUT2D eigenvalue weighted by atomic mass is 16.1. The molecule has 3 rings (SSSR count). The van der Waals surface area contributed by atoms with Gasteiger partial charge in [0, 0.05) is 24.8 Å². The molecule has 20 heavy (non-hydrogen) atoms. The van der Waals surface area contributed by atoms with Crippen molar-refractivity contribution in [3.63, 3.8) is 0 Å². The number of hydrogen-bond donors (Lipinski definition) is 0. The number of anilines is 1. The van der Waals surface area contributed by atoms with Gasteiger partial charge in [-0.1, -0.05) is 24.3 Å². The fraction of sp³-hybridized carbons (Fsp3) is 0.294. The molecule has 0 N–H and O–H groups in total. The summed E-state index contributed by atoms with van der Waals surface area (Å²) in [7, 11) is 0. The van der Waals surface area contributed by atoms with Gasteiger partial charge in [-0.15, -0.1) is 0 Å². The maximum atomic E-state index is 11.5. The minimum Gasteiger partial charge on any atom is -0.356 e. The average molecular weight is 266 g/mol. The molecule has 1 aliphatic rings. The van der Waals surface area contributed by atoms with E-state index in [-0.39, 0.29) is 5.78 Å². The number of carbonyl (C=O) groups is 1. The normalized spacial score (nSPS) is 14.6. The third-order valence-electron chi connectivity index (χ3n) is 3.90. The second-order valence-electron chi connectivity index (χ2n) is 5.21. The maximum Gasteiger partial charge on any atom is 0.159 e. The smallest absolute Gasteiger partial charge is 0.159 e. The molecule has 3 nitrogen and oxygen atoms in total. The summed E-state index contributed by atoms with van der Waals surface area (Å²) < 4.78 is 0. The summed E-state index contributed by atoms with van der Waals surface area (Å²) >= 11 is 0. The van der Waals surface area contributed by atoms with E-state index in [2.05, 4.69) is 34.1 Å². The molecule has 0 saturated heterocycles. The second kappa shape index (κ2) is 5.45. The topological polar surface area (TPSA) is 33.2 Å². The van der Waals surface area contributed by atoms with E-state index in [4.69, 9.17) is 0 Å². The summed E-state index contributed by atoms with van der Waals surface area (Å²) in [5.74, 6) is 0.997. The fourth-order valence-corrected chi connectivity index (χ4v) is 2.71. The second-order valence-corrected chi connectivity index (χ2v) is 5.21. The molecule has 0 atom stereocenters. The lowest BCUT2D eigenvalue weighted by molar-refractivity contribution is 0.101. The molecule has 1 aromatic carbocycles. The first kappa shape index (κ1) is 12.9. The van der Waals surface area contributed by atoms with E-state index in [9.17, 15) is 4.79 Å². The zero-order valence-corrected chi connectivity index (χ0v) is 11.7. The Bertz CT molecular complexity index is 609. The van der Waals surface area contributed by atoms with Gasteiger partial charge in [0.2, 0.25) is 0 Å². The first-order valence-electron chi connectivity index (χ1n) is 7.03. The van der Waals surface area contributed by atoms with Crippen molar-refractivity contribution < 1.29 is 4.79 Å². The van der Waals surface area contributed by atoms with Crippen molar-refractivity contribution >= 4 is 11.6 Å². The van der Waals surface area contributed by atoms with Crippen molar-refractivity contribution in [1.29, 1.82) is 0 Å². The van der Waals surface area contributed by atoms with Crippen molar-refractivity contribution in [1.82, 2.24) is 4.98 Å². The van der Waals surface area contributed by atoms with Gasteiger partial charge < -0.3 is 4.90 Å². The lowest BCUT2D eigenvalue weighted by Gasteiger charge is -2.21. The number of fused-ring (bicyclic) bond motifs is 1. The van der Waals surface area contributed by atoms with Crippen LogP contribution >= 0.6 is 0 Å². The lowest BCUT2D eigenvalue weighted by atomic mass is 10.0. The minimum atomic E-state index is 0.0896. The Labute approximate surface area is 119 Å². The highest BCUT2D eigenvalue weighted by Gasteiger charge is 2.15. The van der Waals surface area contributed by atoms with Crippen molar-refractivity contribution in [3.8, 4) is 0 Å². The third kappa shape index (κ3) is 2.57. The van der Waals surface area contributed by atoms with Gasteiger partial charge >= 0.3 is 0 Å². The molecule has 0 fully saturated rings. The molecule has 0 bridgehead atoms. The molecule has 2 aromatic rings. The monoisotopic (exact) mass is 266 g/mol. The molecule has 0 unspecified atom stereocenters. The zero-order valence-electron chi connectivity index (χ0n) is 11.7. The molecule has 2 heterocycles. The number of hydrogen-bond acceptors (Lipinski definition) is 3. The van der Waals surface area contributed by atoms with Crippen molar-refractivity contribution in [2.24, 2.45) is 0 Å². The summed E-state index contributed by atoms with van der Waals surface area (Å²) in [5, 5.41) is 0. The van der Waals surface area contributed by atoms with Crippen LogP contribution in [0.25, 0.3) is 0 Å². The van der Waals surface area contributed by atoms with Crippen molar-refractivity contribution in [2.45, 2.75) is 19.8 Å². The van der Waals surface area contributed by atoms with E-state index >= 15 is 0 Å². The minimum absolute atomic E-state index is 0.0896. The number of ketones is 1. The molecule has 0 aliphatic carbocycles. The van der Waals surface area contributed by atoms with Gasteiger partial charge in [0.05, 0.1) is 0 Å². The zero-order chi connectivity index (χ0) is 13.9. The van der Waals surface area contributed by atoms with Gasteiger partial charge in [0.1, 0.15) is 5.82 Å². The Morgan fingerprint density at radius 2 is 1.75 bits per heavy atom. The molecule has 0 amide bonds. The summed E-state index contributed by atoms with van der Waals surface area (Å²) in [6, 6.07) is 12.3. The Morgan fingerprint density at radius 1 is 1.10 bits per heavy atom. The number of carbonyl (C=O) groups excluding carboxylic acids is 1. The first-order valence-corrected chi connectivity index (χ1v) is 7.03. The van der Waals surface area contributed by atoms with Crippen LogP contribution in [0.2, 0.25) is 0 Å². The summed E-state index contributed by atoms with van der Waals surface area (Å²) in [5.41, 5.74) is 3.59. The number of aromatic nitrogens is 1. The summed E-state index contributed by atoms with van der Waals surface area (Å²) in [6.45, 7) is 3.49. The third-order valence-corrected chi connectivity index (χ3v) is 3.90. The number of Topliss-reactive ketones (excluding diaryl/α,β-unsaturated/α-hetero) is 1. The van der Waals surface area contributed by atoms with Gasteiger partial charge in [-0.3, -0.25) is 4.79 Å².